The quantitative estimate of drug-likeness (QED) is 0.511. The van der Waals surface area contributed by atoms with Crippen LogP contribution in [0.5, 0.6) is 17.2 Å². The standard InChI is InChI=1S/C21H26N2O5/c1-21(2,20(25)23-15-6-5-7-18(14-15)27-4)19(24)22-12-13-28-17-10-8-16(26-3)9-11-17/h5-11,14H,12-13H2,1-4H3,(H,22,24)(H,23,25). The van der Waals surface area contributed by atoms with Crippen LogP contribution in [-0.2, 0) is 9.59 Å². The van der Waals surface area contributed by atoms with Gasteiger partial charge in [-0.2, -0.15) is 0 Å². The first-order chi connectivity index (χ1) is 13.4. The first-order valence-corrected chi connectivity index (χ1v) is 8.87. The fourth-order valence-electron chi connectivity index (χ4n) is 2.32. The number of carbonyl (C=O) groups excluding carboxylic acids is 2. The smallest absolute Gasteiger partial charge is 0.239 e. The van der Waals surface area contributed by atoms with Crippen LogP contribution in [-0.4, -0.2) is 39.2 Å². The van der Waals surface area contributed by atoms with Crippen molar-refractivity contribution in [3.63, 3.8) is 0 Å². The lowest BCUT2D eigenvalue weighted by Gasteiger charge is -2.23. The summed E-state index contributed by atoms with van der Waals surface area (Å²) in [6.45, 7) is 3.71. The Morgan fingerprint density at radius 3 is 2.18 bits per heavy atom. The minimum absolute atomic E-state index is 0.279. The molecule has 7 heteroatoms. The molecule has 0 saturated heterocycles. The lowest BCUT2D eigenvalue weighted by molar-refractivity contribution is -0.138. The fraction of sp³-hybridized carbons (Fsp3) is 0.333. The predicted octanol–water partition coefficient (Wildman–Crippen LogP) is 2.86. The van der Waals surface area contributed by atoms with Gasteiger partial charge in [0.15, 0.2) is 0 Å². The van der Waals surface area contributed by atoms with Gasteiger partial charge in [0, 0.05) is 11.8 Å². The van der Waals surface area contributed by atoms with E-state index in [0.717, 1.165) is 5.75 Å². The monoisotopic (exact) mass is 386 g/mol. The summed E-state index contributed by atoms with van der Waals surface area (Å²) in [4.78, 5) is 25.0. The average molecular weight is 386 g/mol. The molecule has 2 rings (SSSR count). The van der Waals surface area contributed by atoms with Crippen molar-refractivity contribution in [3.8, 4) is 17.2 Å². The van der Waals surface area contributed by atoms with E-state index >= 15 is 0 Å². The maximum Gasteiger partial charge on any atom is 0.239 e. The lowest BCUT2D eigenvalue weighted by Crippen LogP contribution is -2.46. The highest BCUT2D eigenvalue weighted by Crippen LogP contribution is 2.22. The van der Waals surface area contributed by atoms with E-state index in [2.05, 4.69) is 10.6 Å². The zero-order chi connectivity index (χ0) is 20.6. The van der Waals surface area contributed by atoms with Gasteiger partial charge in [-0.25, -0.2) is 0 Å². The molecule has 7 nitrogen and oxygen atoms in total. The van der Waals surface area contributed by atoms with E-state index in [0.29, 0.717) is 17.2 Å². The van der Waals surface area contributed by atoms with Crippen molar-refractivity contribution in [1.82, 2.24) is 5.32 Å². The molecule has 0 aliphatic heterocycles. The first kappa shape index (κ1) is 21.1. The summed E-state index contributed by atoms with van der Waals surface area (Å²) in [7, 11) is 3.14. The van der Waals surface area contributed by atoms with Gasteiger partial charge < -0.3 is 24.8 Å². The Labute approximate surface area is 165 Å². The largest absolute Gasteiger partial charge is 0.497 e. The molecule has 0 aromatic heterocycles. The van der Waals surface area contributed by atoms with Crippen LogP contribution in [0.15, 0.2) is 48.5 Å². The number of carbonyl (C=O) groups is 2. The van der Waals surface area contributed by atoms with Crippen molar-refractivity contribution in [2.75, 3.05) is 32.7 Å². The molecule has 2 N–H and O–H groups in total. The third-order valence-corrected chi connectivity index (χ3v) is 4.18. The number of hydrogen-bond acceptors (Lipinski definition) is 5. The second kappa shape index (κ2) is 9.64. The molecule has 2 aromatic rings. The van der Waals surface area contributed by atoms with E-state index in [1.54, 1.807) is 76.6 Å². The number of nitrogens with one attached hydrogen (secondary N) is 2. The maximum absolute atomic E-state index is 12.5. The molecular formula is C21H26N2O5. The number of benzene rings is 2. The Bertz CT molecular complexity index is 803. The van der Waals surface area contributed by atoms with Crippen LogP contribution < -0.4 is 24.8 Å². The Hall–Kier alpha value is -3.22. The predicted molar refractivity (Wildman–Crippen MR) is 107 cm³/mol. The van der Waals surface area contributed by atoms with E-state index in [-0.39, 0.29) is 19.1 Å². The number of hydrogen-bond donors (Lipinski definition) is 2. The van der Waals surface area contributed by atoms with Crippen LogP contribution in [0.2, 0.25) is 0 Å². The molecule has 0 fully saturated rings. The third kappa shape index (κ3) is 5.64. The highest BCUT2D eigenvalue weighted by molar-refractivity contribution is 6.09. The summed E-state index contributed by atoms with van der Waals surface area (Å²) in [5, 5.41) is 5.47. The molecule has 150 valence electrons. The highest BCUT2D eigenvalue weighted by atomic mass is 16.5. The van der Waals surface area contributed by atoms with E-state index < -0.39 is 11.3 Å². The molecule has 2 aromatic carbocycles. The number of methoxy groups -OCH3 is 2. The summed E-state index contributed by atoms with van der Waals surface area (Å²) in [5.74, 6) is 1.24. The molecule has 0 atom stereocenters. The van der Waals surface area contributed by atoms with Crippen LogP contribution in [0.1, 0.15) is 13.8 Å². The molecule has 0 aliphatic carbocycles. The topological polar surface area (TPSA) is 85.9 Å². The van der Waals surface area contributed by atoms with E-state index in [1.165, 1.54) is 0 Å². The van der Waals surface area contributed by atoms with E-state index in [1.807, 2.05) is 0 Å². The summed E-state index contributed by atoms with van der Waals surface area (Å²) in [6, 6.07) is 14.1. The molecule has 0 bridgehead atoms. The molecule has 28 heavy (non-hydrogen) atoms. The van der Waals surface area contributed by atoms with Gasteiger partial charge in [-0.3, -0.25) is 9.59 Å². The average Bonchev–Trinajstić information content (AvgIpc) is 2.71. The highest BCUT2D eigenvalue weighted by Gasteiger charge is 2.35. The van der Waals surface area contributed by atoms with E-state index in [9.17, 15) is 9.59 Å². The molecule has 0 saturated carbocycles. The molecule has 0 radical (unpaired) electrons. The zero-order valence-corrected chi connectivity index (χ0v) is 16.6. The summed E-state index contributed by atoms with van der Waals surface area (Å²) < 4.78 is 15.8. The van der Waals surface area contributed by atoms with Gasteiger partial charge in [0.2, 0.25) is 11.8 Å². The molecule has 0 heterocycles. The van der Waals surface area contributed by atoms with Crippen molar-refractivity contribution < 1.29 is 23.8 Å². The van der Waals surface area contributed by atoms with E-state index in [4.69, 9.17) is 14.2 Å². The number of anilines is 1. The van der Waals surface area contributed by atoms with Gasteiger partial charge in [-0.15, -0.1) is 0 Å². The van der Waals surface area contributed by atoms with Crippen LogP contribution in [0.3, 0.4) is 0 Å². The lowest BCUT2D eigenvalue weighted by atomic mass is 9.91. The summed E-state index contributed by atoms with van der Waals surface area (Å²) in [5.41, 5.74) is -0.684. The van der Waals surface area contributed by atoms with Crippen molar-refractivity contribution in [2.45, 2.75) is 13.8 Å². The number of rotatable bonds is 9. The molecular weight excluding hydrogens is 360 g/mol. The van der Waals surface area contributed by atoms with Crippen molar-refractivity contribution >= 4 is 17.5 Å². The molecule has 2 amide bonds. The maximum atomic E-state index is 12.5. The van der Waals surface area contributed by atoms with Gasteiger partial charge in [-0.1, -0.05) is 6.07 Å². The van der Waals surface area contributed by atoms with Gasteiger partial charge in [0.05, 0.1) is 20.8 Å². The Balaban J connectivity index is 1.82. The minimum Gasteiger partial charge on any atom is -0.497 e. The Kier molecular flexibility index (Phi) is 7.26. The Morgan fingerprint density at radius 2 is 1.54 bits per heavy atom. The third-order valence-electron chi connectivity index (χ3n) is 4.18. The van der Waals surface area contributed by atoms with Crippen molar-refractivity contribution in [2.24, 2.45) is 5.41 Å². The second-order valence-electron chi connectivity index (χ2n) is 6.59. The number of amides is 2. The SMILES string of the molecule is COc1ccc(OCCNC(=O)C(C)(C)C(=O)Nc2cccc(OC)c2)cc1. The van der Waals surface area contributed by atoms with Crippen LogP contribution in [0, 0.1) is 5.41 Å². The van der Waals surface area contributed by atoms with Crippen molar-refractivity contribution in [3.05, 3.63) is 48.5 Å². The zero-order valence-electron chi connectivity index (χ0n) is 16.6. The summed E-state index contributed by atoms with van der Waals surface area (Å²) in [6.07, 6.45) is 0. The summed E-state index contributed by atoms with van der Waals surface area (Å²) >= 11 is 0. The van der Waals surface area contributed by atoms with Crippen LogP contribution in [0.25, 0.3) is 0 Å². The second-order valence-corrected chi connectivity index (χ2v) is 6.59. The van der Waals surface area contributed by atoms with Crippen LogP contribution >= 0.6 is 0 Å². The van der Waals surface area contributed by atoms with Crippen LogP contribution in [0.4, 0.5) is 5.69 Å². The Morgan fingerprint density at radius 1 is 0.893 bits per heavy atom. The minimum atomic E-state index is -1.25. The van der Waals surface area contributed by atoms with Gasteiger partial charge in [0.25, 0.3) is 0 Å². The number of ether oxygens (including phenoxy) is 3. The molecule has 0 spiro atoms. The van der Waals surface area contributed by atoms with Gasteiger partial charge in [-0.05, 0) is 50.2 Å². The van der Waals surface area contributed by atoms with Gasteiger partial charge in [0.1, 0.15) is 29.3 Å². The fourth-order valence-corrected chi connectivity index (χ4v) is 2.32. The van der Waals surface area contributed by atoms with Gasteiger partial charge >= 0.3 is 0 Å². The first-order valence-electron chi connectivity index (χ1n) is 8.87. The normalized spacial score (nSPS) is 10.7. The van der Waals surface area contributed by atoms with Crippen molar-refractivity contribution in [1.29, 1.82) is 0 Å². The molecule has 0 unspecified atom stereocenters. The molecule has 0 aliphatic rings.